The Kier molecular flexibility index (Phi) is 7.05. The normalized spacial score (nSPS) is 14.3. The number of pyridine rings is 1. The summed E-state index contributed by atoms with van der Waals surface area (Å²) in [6, 6.07) is 11.8. The number of aromatic nitrogens is 1. The molecule has 0 atom stereocenters. The number of likely N-dealkylation sites (tertiary alicyclic amines) is 1. The summed E-state index contributed by atoms with van der Waals surface area (Å²) in [5.41, 5.74) is 3.42. The van der Waals surface area contributed by atoms with Crippen LogP contribution in [0.4, 0.5) is 16.2 Å². The van der Waals surface area contributed by atoms with Crippen LogP contribution >= 0.6 is 0 Å². The van der Waals surface area contributed by atoms with E-state index in [2.05, 4.69) is 34.7 Å². The van der Waals surface area contributed by atoms with Crippen LogP contribution in [0.3, 0.4) is 0 Å². The SMILES string of the molecule is CCOC(=O)N1CCC(NC(=O)c2cc(Nc3ccc(CC)cc3)ccn2)CC1. The third-order valence-corrected chi connectivity index (χ3v) is 5.00. The molecule has 2 aromatic rings. The Balaban J connectivity index is 1.55. The maximum Gasteiger partial charge on any atom is 0.409 e. The maximum absolute atomic E-state index is 12.6. The number of hydrogen-bond donors (Lipinski definition) is 2. The highest BCUT2D eigenvalue weighted by Crippen LogP contribution is 2.18. The zero-order chi connectivity index (χ0) is 20.6. The molecule has 7 nitrogen and oxygen atoms in total. The van der Waals surface area contributed by atoms with Gasteiger partial charge in [0.15, 0.2) is 0 Å². The quantitative estimate of drug-likeness (QED) is 0.777. The number of nitrogens with zero attached hydrogens (tertiary/aromatic N) is 2. The van der Waals surface area contributed by atoms with Crippen molar-refractivity contribution in [3.63, 3.8) is 0 Å². The van der Waals surface area contributed by atoms with Gasteiger partial charge in [-0.2, -0.15) is 0 Å². The van der Waals surface area contributed by atoms with Crippen molar-refractivity contribution in [1.29, 1.82) is 0 Å². The lowest BCUT2D eigenvalue weighted by Crippen LogP contribution is -2.46. The Labute approximate surface area is 171 Å². The number of ether oxygens (including phenoxy) is 1. The number of rotatable bonds is 6. The molecule has 0 aliphatic carbocycles. The van der Waals surface area contributed by atoms with Crippen LogP contribution in [0.15, 0.2) is 42.6 Å². The van der Waals surface area contributed by atoms with E-state index in [-0.39, 0.29) is 18.0 Å². The molecular weight excluding hydrogens is 368 g/mol. The molecule has 1 aliphatic rings. The number of hydrogen-bond acceptors (Lipinski definition) is 5. The predicted octanol–water partition coefficient (Wildman–Crippen LogP) is 3.74. The molecule has 1 saturated heterocycles. The van der Waals surface area contributed by atoms with E-state index in [1.165, 1.54) is 5.56 Å². The van der Waals surface area contributed by atoms with E-state index in [1.54, 1.807) is 24.1 Å². The molecule has 0 spiro atoms. The van der Waals surface area contributed by atoms with Gasteiger partial charge in [0.2, 0.25) is 0 Å². The second-order valence-electron chi connectivity index (χ2n) is 7.04. The van der Waals surface area contributed by atoms with Crippen molar-refractivity contribution in [3.8, 4) is 0 Å². The van der Waals surface area contributed by atoms with E-state index in [9.17, 15) is 9.59 Å². The molecule has 154 valence electrons. The average molecular weight is 396 g/mol. The van der Waals surface area contributed by atoms with E-state index >= 15 is 0 Å². The van der Waals surface area contributed by atoms with Crippen molar-refractivity contribution in [2.75, 3.05) is 25.0 Å². The molecule has 3 rings (SSSR count). The Morgan fingerprint density at radius 1 is 1.10 bits per heavy atom. The second kappa shape index (κ2) is 9.91. The Morgan fingerprint density at radius 3 is 2.48 bits per heavy atom. The van der Waals surface area contributed by atoms with Gasteiger partial charge in [-0.25, -0.2) is 4.79 Å². The molecule has 1 aliphatic heterocycles. The fraction of sp³-hybridized carbons (Fsp3) is 0.409. The summed E-state index contributed by atoms with van der Waals surface area (Å²) in [6.07, 6.45) is 3.74. The molecule has 2 amide bonds. The monoisotopic (exact) mass is 396 g/mol. The molecule has 1 fully saturated rings. The molecule has 2 heterocycles. The smallest absolute Gasteiger partial charge is 0.409 e. The minimum absolute atomic E-state index is 0.0215. The molecule has 29 heavy (non-hydrogen) atoms. The van der Waals surface area contributed by atoms with Gasteiger partial charge in [-0.15, -0.1) is 0 Å². The lowest BCUT2D eigenvalue weighted by molar-refractivity contribution is 0.0856. The standard InChI is InChI=1S/C22H28N4O3/c1-3-16-5-7-17(8-6-16)24-19-9-12-23-20(15-19)21(27)25-18-10-13-26(14-11-18)22(28)29-4-2/h5-9,12,15,18H,3-4,10-11,13-14H2,1-2H3,(H,23,24)(H,25,27). The van der Waals surface area contributed by atoms with Gasteiger partial charge in [0.25, 0.3) is 5.91 Å². The number of benzene rings is 1. The number of anilines is 2. The van der Waals surface area contributed by atoms with Gasteiger partial charge in [0, 0.05) is 36.7 Å². The molecule has 1 aromatic heterocycles. The molecule has 0 radical (unpaired) electrons. The van der Waals surface area contributed by atoms with Crippen LogP contribution < -0.4 is 10.6 Å². The van der Waals surface area contributed by atoms with Crippen LogP contribution in [0.25, 0.3) is 0 Å². The van der Waals surface area contributed by atoms with Crippen molar-refractivity contribution < 1.29 is 14.3 Å². The summed E-state index contributed by atoms with van der Waals surface area (Å²) in [5, 5.41) is 6.33. The number of carbonyl (C=O) groups is 2. The van der Waals surface area contributed by atoms with Gasteiger partial charge in [-0.1, -0.05) is 19.1 Å². The van der Waals surface area contributed by atoms with E-state index in [4.69, 9.17) is 4.74 Å². The lowest BCUT2D eigenvalue weighted by atomic mass is 10.1. The van der Waals surface area contributed by atoms with E-state index in [0.717, 1.165) is 17.8 Å². The number of piperidine rings is 1. The van der Waals surface area contributed by atoms with Crippen molar-refractivity contribution >= 4 is 23.4 Å². The molecule has 1 aromatic carbocycles. The van der Waals surface area contributed by atoms with Crippen LogP contribution in [0.1, 0.15) is 42.7 Å². The van der Waals surface area contributed by atoms with Gasteiger partial charge < -0.3 is 20.3 Å². The number of aryl methyl sites for hydroxylation is 1. The first-order chi connectivity index (χ1) is 14.1. The fourth-order valence-corrected chi connectivity index (χ4v) is 3.30. The second-order valence-corrected chi connectivity index (χ2v) is 7.04. The lowest BCUT2D eigenvalue weighted by Gasteiger charge is -2.31. The van der Waals surface area contributed by atoms with Crippen LogP contribution in [0.2, 0.25) is 0 Å². The van der Waals surface area contributed by atoms with Gasteiger partial charge in [-0.3, -0.25) is 9.78 Å². The third-order valence-electron chi connectivity index (χ3n) is 5.00. The van der Waals surface area contributed by atoms with Crippen LogP contribution in [0.5, 0.6) is 0 Å². The van der Waals surface area contributed by atoms with Crippen LogP contribution in [0, 0.1) is 0 Å². The highest BCUT2D eigenvalue weighted by atomic mass is 16.6. The zero-order valence-corrected chi connectivity index (χ0v) is 17.0. The summed E-state index contributed by atoms with van der Waals surface area (Å²) in [7, 11) is 0. The van der Waals surface area contributed by atoms with E-state index < -0.39 is 0 Å². The number of carbonyl (C=O) groups excluding carboxylic acids is 2. The minimum Gasteiger partial charge on any atom is -0.450 e. The Morgan fingerprint density at radius 2 is 1.83 bits per heavy atom. The summed E-state index contributed by atoms with van der Waals surface area (Å²) in [6.45, 7) is 5.44. The first-order valence-electron chi connectivity index (χ1n) is 10.1. The number of nitrogens with one attached hydrogen (secondary N) is 2. The first-order valence-corrected chi connectivity index (χ1v) is 10.1. The Bertz CT molecular complexity index is 830. The van der Waals surface area contributed by atoms with Crippen molar-refractivity contribution in [3.05, 3.63) is 53.9 Å². The molecular formula is C22H28N4O3. The first kappa shape index (κ1) is 20.6. The third kappa shape index (κ3) is 5.70. The molecule has 2 N–H and O–H groups in total. The summed E-state index contributed by atoms with van der Waals surface area (Å²) in [5.74, 6) is -0.204. The highest BCUT2D eigenvalue weighted by molar-refractivity contribution is 5.93. The summed E-state index contributed by atoms with van der Waals surface area (Å²) in [4.78, 5) is 30.3. The summed E-state index contributed by atoms with van der Waals surface area (Å²) >= 11 is 0. The molecule has 0 unspecified atom stereocenters. The predicted molar refractivity (Wildman–Crippen MR) is 112 cm³/mol. The van der Waals surface area contributed by atoms with Gasteiger partial charge in [0.1, 0.15) is 5.69 Å². The van der Waals surface area contributed by atoms with E-state index in [0.29, 0.717) is 38.2 Å². The average Bonchev–Trinajstić information content (AvgIpc) is 2.75. The maximum atomic E-state index is 12.6. The van der Waals surface area contributed by atoms with Crippen LogP contribution in [-0.2, 0) is 11.2 Å². The van der Waals surface area contributed by atoms with Gasteiger partial charge in [0.05, 0.1) is 6.61 Å². The fourth-order valence-electron chi connectivity index (χ4n) is 3.30. The molecule has 0 bridgehead atoms. The largest absolute Gasteiger partial charge is 0.450 e. The highest BCUT2D eigenvalue weighted by Gasteiger charge is 2.25. The minimum atomic E-state index is -0.287. The number of amides is 2. The zero-order valence-electron chi connectivity index (χ0n) is 17.0. The van der Waals surface area contributed by atoms with Crippen LogP contribution in [-0.4, -0.2) is 47.6 Å². The van der Waals surface area contributed by atoms with E-state index in [1.807, 2.05) is 18.2 Å². The van der Waals surface area contributed by atoms with Gasteiger partial charge in [-0.05, 0) is 56.0 Å². The van der Waals surface area contributed by atoms with Gasteiger partial charge >= 0.3 is 6.09 Å². The summed E-state index contributed by atoms with van der Waals surface area (Å²) < 4.78 is 5.02. The topological polar surface area (TPSA) is 83.6 Å². The van der Waals surface area contributed by atoms with Crippen molar-refractivity contribution in [1.82, 2.24) is 15.2 Å². The molecule has 7 heteroatoms. The Hall–Kier alpha value is -3.09. The van der Waals surface area contributed by atoms with Crippen molar-refractivity contribution in [2.24, 2.45) is 0 Å². The van der Waals surface area contributed by atoms with Crippen molar-refractivity contribution in [2.45, 2.75) is 39.2 Å². The molecule has 0 saturated carbocycles.